The Morgan fingerprint density at radius 3 is 1.40 bits per heavy atom. The maximum Gasteiger partial charge on any atom is 0.303 e. The van der Waals surface area contributed by atoms with Crippen LogP contribution in [-0.2, 0) is 9.59 Å². The monoisotopic (exact) mass is 150 g/mol. The highest BCUT2D eigenvalue weighted by molar-refractivity contribution is 5.67. The molecule has 0 saturated carbocycles. The molecule has 10 heavy (non-hydrogen) atoms. The standard InChI is InChI=1S/C6H10O4/c7-5(8)3-1-2-4-6(9)10/h1-4H2,(H,7,8)(H,9,10)/i1+1,2+1,3+1,4+1. The first-order chi connectivity index (χ1) is 4.63. The summed E-state index contributed by atoms with van der Waals surface area (Å²) in [4.78, 5) is 19.8. The summed E-state index contributed by atoms with van der Waals surface area (Å²) >= 11 is 0. The van der Waals surface area contributed by atoms with Gasteiger partial charge in [-0.1, -0.05) is 0 Å². The Morgan fingerprint density at radius 2 is 1.20 bits per heavy atom. The molecule has 0 spiro atoms. The summed E-state index contributed by atoms with van der Waals surface area (Å²) < 4.78 is 0. The highest BCUT2D eigenvalue weighted by Crippen LogP contribution is 1.98. The van der Waals surface area contributed by atoms with Crippen molar-refractivity contribution in [2.24, 2.45) is 0 Å². The predicted octanol–water partition coefficient (Wildman–Crippen LogP) is 0.716. The van der Waals surface area contributed by atoms with E-state index in [9.17, 15) is 9.59 Å². The van der Waals surface area contributed by atoms with Crippen molar-refractivity contribution in [1.82, 2.24) is 0 Å². The van der Waals surface area contributed by atoms with E-state index < -0.39 is 11.9 Å². The van der Waals surface area contributed by atoms with Crippen LogP contribution in [0, 0.1) is 0 Å². The number of carboxylic acid groups (broad SMARTS) is 2. The Kier molecular flexibility index (Phi) is 4.28. The molecule has 4 nitrogen and oxygen atoms in total. The van der Waals surface area contributed by atoms with Gasteiger partial charge in [-0.25, -0.2) is 0 Å². The normalized spacial score (nSPS) is 9.20. The Hall–Kier alpha value is -1.06. The first kappa shape index (κ1) is 8.94. The van der Waals surface area contributed by atoms with Gasteiger partial charge in [0.25, 0.3) is 0 Å². The number of hydrogen-bond donors (Lipinski definition) is 2. The van der Waals surface area contributed by atoms with Crippen LogP contribution in [0.5, 0.6) is 0 Å². The lowest BCUT2D eigenvalue weighted by molar-refractivity contribution is -0.139. The largest absolute Gasteiger partial charge is 0.481 e. The maximum absolute atomic E-state index is 9.90. The van der Waals surface area contributed by atoms with E-state index in [-0.39, 0.29) is 12.8 Å². The molecule has 0 fully saturated rings. The molecule has 0 heterocycles. The van der Waals surface area contributed by atoms with Gasteiger partial charge in [-0.2, -0.15) is 0 Å². The summed E-state index contributed by atoms with van der Waals surface area (Å²) in [5, 5.41) is 16.3. The summed E-state index contributed by atoms with van der Waals surface area (Å²) in [6.45, 7) is 0. The van der Waals surface area contributed by atoms with Crippen LogP contribution in [0.25, 0.3) is 0 Å². The smallest absolute Gasteiger partial charge is 0.303 e. The van der Waals surface area contributed by atoms with E-state index in [4.69, 9.17) is 10.2 Å². The first-order valence-corrected chi connectivity index (χ1v) is 3.06. The molecule has 0 aromatic carbocycles. The molecule has 0 aliphatic rings. The van der Waals surface area contributed by atoms with Crippen molar-refractivity contribution < 1.29 is 19.8 Å². The quantitative estimate of drug-likeness (QED) is 0.447. The molecule has 4 heteroatoms. The average molecular weight is 150 g/mol. The molecule has 2 N–H and O–H groups in total. The molecule has 0 atom stereocenters. The second kappa shape index (κ2) is 4.78. The third-order valence-corrected chi connectivity index (χ3v) is 1.03. The van der Waals surface area contributed by atoms with E-state index in [0.717, 1.165) is 0 Å². The minimum atomic E-state index is -0.870. The number of hydrogen-bond acceptors (Lipinski definition) is 2. The summed E-state index contributed by atoms with van der Waals surface area (Å²) in [5.41, 5.74) is 0. The van der Waals surface area contributed by atoms with Gasteiger partial charge in [0.1, 0.15) is 0 Å². The minimum absolute atomic E-state index is 0.0628. The van der Waals surface area contributed by atoms with E-state index >= 15 is 0 Å². The van der Waals surface area contributed by atoms with E-state index in [1.807, 2.05) is 0 Å². The topological polar surface area (TPSA) is 74.6 Å². The molecule has 0 aromatic heterocycles. The molecule has 0 unspecified atom stereocenters. The van der Waals surface area contributed by atoms with Crippen LogP contribution in [0.2, 0.25) is 0 Å². The van der Waals surface area contributed by atoms with Gasteiger partial charge in [0, 0.05) is 12.8 Å². The molecule has 0 bridgehead atoms. The molecule has 0 aliphatic heterocycles. The van der Waals surface area contributed by atoms with Crippen molar-refractivity contribution in [3.05, 3.63) is 0 Å². The second-order valence-corrected chi connectivity index (χ2v) is 1.99. The number of carbonyl (C=O) groups is 2. The van der Waals surface area contributed by atoms with Crippen molar-refractivity contribution in [3.63, 3.8) is 0 Å². The lowest BCUT2D eigenvalue weighted by Crippen LogP contribution is -1.97. The number of carboxylic acids is 2. The highest BCUT2D eigenvalue weighted by atomic mass is 16.4. The second-order valence-electron chi connectivity index (χ2n) is 1.99. The fraction of sp³-hybridized carbons (Fsp3) is 0.667. The van der Waals surface area contributed by atoms with E-state index in [2.05, 4.69) is 0 Å². The van der Waals surface area contributed by atoms with Gasteiger partial charge in [-0.05, 0) is 12.8 Å². The van der Waals surface area contributed by atoms with Gasteiger partial charge in [-0.3, -0.25) is 9.59 Å². The van der Waals surface area contributed by atoms with Crippen molar-refractivity contribution in [2.75, 3.05) is 0 Å². The van der Waals surface area contributed by atoms with Crippen LogP contribution in [0.4, 0.5) is 0 Å². The average Bonchev–Trinajstić information content (AvgIpc) is 1.79. The number of rotatable bonds is 5. The molecule has 0 saturated heterocycles. The SMILES string of the molecule is O=C(O)[13CH2][13CH2][13CH2][13CH2]C(=O)O. The lowest BCUT2D eigenvalue weighted by atomic mass is 10.9. The Morgan fingerprint density at radius 1 is 0.900 bits per heavy atom. The van der Waals surface area contributed by atoms with Gasteiger partial charge >= 0.3 is 11.9 Å². The Balaban J connectivity index is 3.06. The minimum Gasteiger partial charge on any atom is -0.481 e. The number of aliphatic carboxylic acids is 2. The van der Waals surface area contributed by atoms with Crippen molar-refractivity contribution in [1.29, 1.82) is 0 Å². The highest BCUT2D eigenvalue weighted by Gasteiger charge is 1.99. The maximum atomic E-state index is 9.90. The lowest BCUT2D eigenvalue weighted by Gasteiger charge is -1.92. The Bertz CT molecular complexity index is 114. The van der Waals surface area contributed by atoms with Crippen molar-refractivity contribution in [3.8, 4) is 0 Å². The van der Waals surface area contributed by atoms with Crippen LogP contribution in [0.3, 0.4) is 0 Å². The van der Waals surface area contributed by atoms with Gasteiger partial charge in [0.2, 0.25) is 0 Å². The molecule has 0 radical (unpaired) electrons. The fourth-order valence-corrected chi connectivity index (χ4v) is 0.552. The van der Waals surface area contributed by atoms with Crippen LogP contribution in [-0.4, -0.2) is 22.2 Å². The van der Waals surface area contributed by atoms with Gasteiger partial charge in [0.05, 0.1) is 0 Å². The van der Waals surface area contributed by atoms with Crippen molar-refractivity contribution in [2.45, 2.75) is 25.7 Å². The van der Waals surface area contributed by atoms with Gasteiger partial charge in [0.15, 0.2) is 0 Å². The Labute approximate surface area is 58.5 Å². The first-order valence-electron chi connectivity index (χ1n) is 3.06. The van der Waals surface area contributed by atoms with Crippen LogP contribution < -0.4 is 0 Å². The fourth-order valence-electron chi connectivity index (χ4n) is 0.552. The number of unbranched alkanes of at least 4 members (excludes halogenated alkanes) is 1. The molecular formula is C6H10O4. The predicted molar refractivity (Wildman–Crippen MR) is 33.7 cm³/mol. The summed E-state index contributed by atoms with van der Waals surface area (Å²) in [6, 6.07) is 0. The third kappa shape index (κ3) is 6.94. The zero-order chi connectivity index (χ0) is 7.98. The van der Waals surface area contributed by atoms with Gasteiger partial charge < -0.3 is 10.2 Å². The zero-order valence-corrected chi connectivity index (χ0v) is 5.54. The molecule has 58 valence electrons. The van der Waals surface area contributed by atoms with Crippen LogP contribution >= 0.6 is 0 Å². The van der Waals surface area contributed by atoms with Crippen LogP contribution in [0.15, 0.2) is 0 Å². The third-order valence-electron chi connectivity index (χ3n) is 1.03. The molecule has 0 aromatic rings. The molecular weight excluding hydrogens is 140 g/mol. The molecule has 0 aliphatic carbocycles. The van der Waals surface area contributed by atoms with E-state index in [1.54, 1.807) is 0 Å². The summed E-state index contributed by atoms with van der Waals surface area (Å²) in [6.07, 6.45) is 1.02. The van der Waals surface area contributed by atoms with E-state index in [0.29, 0.717) is 12.8 Å². The van der Waals surface area contributed by atoms with Crippen LogP contribution in [0.1, 0.15) is 25.7 Å². The molecule has 0 rings (SSSR count). The van der Waals surface area contributed by atoms with Crippen molar-refractivity contribution >= 4 is 11.9 Å². The zero-order valence-electron chi connectivity index (χ0n) is 5.54. The molecule has 0 amide bonds. The summed E-state index contributed by atoms with van der Waals surface area (Å²) in [7, 11) is 0. The van der Waals surface area contributed by atoms with E-state index in [1.165, 1.54) is 0 Å². The van der Waals surface area contributed by atoms with Gasteiger partial charge in [-0.15, -0.1) is 0 Å². The summed E-state index contributed by atoms with van der Waals surface area (Å²) in [5.74, 6) is -1.74.